The van der Waals surface area contributed by atoms with Crippen LogP contribution >= 0.6 is 15.9 Å². The number of carbonyl (C=O) groups excluding carboxylic acids is 2. The third kappa shape index (κ3) is 5.21. The van der Waals surface area contributed by atoms with Crippen molar-refractivity contribution in [2.24, 2.45) is 0 Å². The van der Waals surface area contributed by atoms with Crippen LogP contribution in [-0.4, -0.2) is 24.5 Å². The number of furan rings is 1. The van der Waals surface area contributed by atoms with Gasteiger partial charge in [-0.05, 0) is 68.4 Å². The highest BCUT2D eigenvalue weighted by molar-refractivity contribution is 9.10. The van der Waals surface area contributed by atoms with Crippen molar-refractivity contribution in [2.45, 2.75) is 19.4 Å². The normalized spacial score (nSPS) is 10.9. The first kappa shape index (κ1) is 21.4. The van der Waals surface area contributed by atoms with Crippen LogP contribution in [0.3, 0.4) is 0 Å². The van der Waals surface area contributed by atoms with E-state index in [9.17, 15) is 9.59 Å². The summed E-state index contributed by atoms with van der Waals surface area (Å²) >= 11 is 3.37. The second-order valence-electron chi connectivity index (χ2n) is 6.87. The number of methoxy groups -OCH3 is 1. The van der Waals surface area contributed by atoms with Crippen molar-refractivity contribution in [3.05, 3.63) is 71.1 Å². The second-order valence-corrected chi connectivity index (χ2v) is 7.78. The Labute approximate surface area is 182 Å². The third-order valence-corrected chi connectivity index (χ3v) is 4.71. The molecule has 0 saturated heterocycles. The van der Waals surface area contributed by atoms with Crippen LogP contribution in [0, 0.1) is 0 Å². The summed E-state index contributed by atoms with van der Waals surface area (Å²) in [5, 5.41) is 5.53. The molecule has 3 aromatic rings. The average Bonchev–Trinajstić information content (AvgIpc) is 3.25. The minimum absolute atomic E-state index is 0.181. The molecule has 0 aliphatic carbocycles. The first-order valence-electron chi connectivity index (χ1n) is 9.07. The van der Waals surface area contributed by atoms with E-state index < -0.39 is 11.5 Å². The molecule has 1 heterocycles. The van der Waals surface area contributed by atoms with Crippen LogP contribution < -0.4 is 20.1 Å². The molecule has 0 aliphatic rings. The minimum atomic E-state index is -1.16. The van der Waals surface area contributed by atoms with Gasteiger partial charge in [-0.3, -0.25) is 9.59 Å². The maximum atomic E-state index is 12.9. The molecule has 2 aromatic carbocycles. The summed E-state index contributed by atoms with van der Waals surface area (Å²) in [5.74, 6) is 0.406. The van der Waals surface area contributed by atoms with Gasteiger partial charge in [0.1, 0.15) is 11.5 Å². The molecular formula is C22H21BrN2O5. The molecule has 7 nitrogen and oxygen atoms in total. The van der Waals surface area contributed by atoms with Gasteiger partial charge in [-0.25, -0.2) is 0 Å². The maximum absolute atomic E-state index is 12.9. The lowest BCUT2D eigenvalue weighted by Gasteiger charge is -2.26. The van der Waals surface area contributed by atoms with Gasteiger partial charge in [0.15, 0.2) is 11.4 Å². The number of rotatable bonds is 7. The number of halogens is 1. The van der Waals surface area contributed by atoms with Crippen LogP contribution in [0.5, 0.6) is 11.5 Å². The van der Waals surface area contributed by atoms with E-state index >= 15 is 0 Å². The van der Waals surface area contributed by atoms with Gasteiger partial charge in [0.25, 0.3) is 11.8 Å². The SMILES string of the molecule is COc1ccc(NC(=O)c2ccco2)cc1NC(=O)C(C)(C)Oc1ccc(Br)cc1. The Balaban J connectivity index is 1.75. The summed E-state index contributed by atoms with van der Waals surface area (Å²) < 4.78 is 17.2. The number of carbonyl (C=O) groups is 2. The maximum Gasteiger partial charge on any atom is 0.291 e. The molecule has 0 bridgehead atoms. The van der Waals surface area contributed by atoms with E-state index in [1.807, 2.05) is 12.1 Å². The molecule has 0 saturated carbocycles. The molecule has 2 amide bonds. The first-order chi connectivity index (χ1) is 14.3. The van der Waals surface area contributed by atoms with E-state index in [1.54, 1.807) is 56.3 Å². The van der Waals surface area contributed by atoms with Crippen molar-refractivity contribution < 1.29 is 23.5 Å². The molecule has 0 atom stereocenters. The Morgan fingerprint density at radius 1 is 1.03 bits per heavy atom. The molecule has 0 radical (unpaired) electrons. The molecule has 156 valence electrons. The second kappa shape index (κ2) is 9.04. The largest absolute Gasteiger partial charge is 0.495 e. The molecule has 3 rings (SSSR count). The van der Waals surface area contributed by atoms with Crippen LogP contribution in [0.25, 0.3) is 0 Å². The minimum Gasteiger partial charge on any atom is -0.495 e. The Kier molecular flexibility index (Phi) is 6.47. The van der Waals surface area contributed by atoms with E-state index in [4.69, 9.17) is 13.9 Å². The van der Waals surface area contributed by atoms with Gasteiger partial charge >= 0.3 is 0 Å². The summed E-state index contributed by atoms with van der Waals surface area (Å²) in [4.78, 5) is 25.1. The predicted molar refractivity (Wildman–Crippen MR) is 117 cm³/mol. The highest BCUT2D eigenvalue weighted by Crippen LogP contribution is 2.30. The zero-order valence-electron chi connectivity index (χ0n) is 16.7. The lowest BCUT2D eigenvalue weighted by molar-refractivity contribution is -0.128. The number of anilines is 2. The highest BCUT2D eigenvalue weighted by atomic mass is 79.9. The fourth-order valence-electron chi connectivity index (χ4n) is 2.60. The van der Waals surface area contributed by atoms with Crippen molar-refractivity contribution >= 4 is 39.1 Å². The Bertz CT molecular complexity index is 1030. The fourth-order valence-corrected chi connectivity index (χ4v) is 2.86. The van der Waals surface area contributed by atoms with Crippen LogP contribution in [0.2, 0.25) is 0 Å². The molecule has 1 aromatic heterocycles. The Morgan fingerprint density at radius 2 is 1.77 bits per heavy atom. The van der Waals surface area contributed by atoms with Crippen molar-refractivity contribution in [2.75, 3.05) is 17.7 Å². The third-order valence-electron chi connectivity index (χ3n) is 4.18. The fraction of sp³-hybridized carbons (Fsp3) is 0.182. The van der Waals surface area contributed by atoms with E-state index in [2.05, 4.69) is 26.6 Å². The average molecular weight is 473 g/mol. The molecule has 0 spiro atoms. The van der Waals surface area contributed by atoms with Gasteiger partial charge in [-0.15, -0.1) is 0 Å². The summed E-state index contributed by atoms with van der Waals surface area (Å²) in [7, 11) is 1.50. The van der Waals surface area contributed by atoms with Gasteiger partial charge in [-0.1, -0.05) is 15.9 Å². The Hall–Kier alpha value is -3.26. The van der Waals surface area contributed by atoms with E-state index in [1.165, 1.54) is 13.4 Å². The smallest absolute Gasteiger partial charge is 0.291 e. The van der Waals surface area contributed by atoms with Crippen LogP contribution in [0.4, 0.5) is 11.4 Å². The highest BCUT2D eigenvalue weighted by Gasteiger charge is 2.31. The summed E-state index contributed by atoms with van der Waals surface area (Å²) in [6.45, 7) is 3.33. The zero-order chi connectivity index (χ0) is 21.7. The standard InChI is InChI=1S/C22H21BrN2O5/c1-22(2,30-16-9-6-14(23)7-10-16)21(27)25-17-13-15(8-11-18(17)28-3)24-20(26)19-5-4-12-29-19/h4-13H,1-3H3,(H,24,26)(H,25,27). The first-order valence-corrected chi connectivity index (χ1v) is 9.87. The Morgan fingerprint density at radius 3 is 2.40 bits per heavy atom. The number of ether oxygens (including phenoxy) is 2. The van der Waals surface area contributed by atoms with E-state index in [0.29, 0.717) is 22.9 Å². The quantitative estimate of drug-likeness (QED) is 0.499. The van der Waals surface area contributed by atoms with Crippen LogP contribution in [0.15, 0.2) is 69.8 Å². The van der Waals surface area contributed by atoms with Gasteiger partial charge in [0.2, 0.25) is 0 Å². The summed E-state index contributed by atoms with van der Waals surface area (Å²) in [6.07, 6.45) is 1.42. The van der Waals surface area contributed by atoms with E-state index in [0.717, 1.165) is 4.47 Å². The lowest BCUT2D eigenvalue weighted by atomic mass is 10.1. The molecule has 8 heteroatoms. The number of nitrogens with one attached hydrogen (secondary N) is 2. The van der Waals surface area contributed by atoms with E-state index in [-0.39, 0.29) is 11.7 Å². The van der Waals surface area contributed by atoms with Crippen molar-refractivity contribution in [1.82, 2.24) is 0 Å². The monoisotopic (exact) mass is 472 g/mol. The topological polar surface area (TPSA) is 89.8 Å². The molecular weight excluding hydrogens is 452 g/mol. The van der Waals surface area contributed by atoms with Gasteiger partial charge < -0.3 is 24.5 Å². The lowest BCUT2D eigenvalue weighted by Crippen LogP contribution is -2.42. The van der Waals surface area contributed by atoms with Crippen molar-refractivity contribution in [3.63, 3.8) is 0 Å². The molecule has 0 fully saturated rings. The van der Waals surface area contributed by atoms with Crippen LogP contribution in [0.1, 0.15) is 24.4 Å². The number of hydrogen-bond acceptors (Lipinski definition) is 5. The van der Waals surface area contributed by atoms with Crippen LogP contribution in [-0.2, 0) is 4.79 Å². The number of benzene rings is 2. The zero-order valence-corrected chi connectivity index (χ0v) is 18.3. The molecule has 2 N–H and O–H groups in total. The van der Waals surface area contributed by atoms with Crippen molar-refractivity contribution in [3.8, 4) is 11.5 Å². The van der Waals surface area contributed by atoms with Gasteiger partial charge in [0, 0.05) is 10.2 Å². The van der Waals surface area contributed by atoms with Gasteiger partial charge in [0.05, 0.1) is 19.1 Å². The number of amides is 2. The number of hydrogen-bond donors (Lipinski definition) is 2. The predicted octanol–water partition coefficient (Wildman–Crippen LogP) is 5.10. The summed E-state index contributed by atoms with van der Waals surface area (Å²) in [6, 6.07) is 15.3. The van der Waals surface area contributed by atoms with Gasteiger partial charge in [-0.2, -0.15) is 0 Å². The van der Waals surface area contributed by atoms with Crippen molar-refractivity contribution in [1.29, 1.82) is 0 Å². The molecule has 30 heavy (non-hydrogen) atoms. The molecule has 0 aliphatic heterocycles. The molecule has 0 unspecified atom stereocenters. The summed E-state index contributed by atoms with van der Waals surface area (Å²) in [5.41, 5.74) is -0.293.